The van der Waals surface area contributed by atoms with Gasteiger partial charge in [-0.05, 0) is 78.6 Å². The quantitative estimate of drug-likeness (QED) is 0.278. The Hall–Kier alpha value is -1.00. The molecule has 2 N–H and O–H groups in total. The fourth-order valence-corrected chi connectivity index (χ4v) is 4.84. The summed E-state index contributed by atoms with van der Waals surface area (Å²) in [6.07, 6.45) is 2.12. The molecule has 0 aromatic heterocycles. The van der Waals surface area contributed by atoms with Gasteiger partial charge < -0.3 is 10.6 Å². The van der Waals surface area contributed by atoms with E-state index < -0.39 is 0 Å². The van der Waals surface area contributed by atoms with E-state index in [-0.39, 0.29) is 11.9 Å². The molecule has 170 valence electrons. The third-order valence-corrected chi connectivity index (χ3v) is 7.52. The Morgan fingerprint density at radius 1 is 1.00 bits per heavy atom. The van der Waals surface area contributed by atoms with Gasteiger partial charge in [-0.25, -0.2) is 4.39 Å². The van der Waals surface area contributed by atoms with Gasteiger partial charge >= 0.3 is 0 Å². The highest BCUT2D eigenvalue weighted by Crippen LogP contribution is 2.40. The number of hydrogen-bond donors (Lipinski definition) is 2. The Kier molecular flexibility index (Phi) is 9.55. The molecule has 32 heavy (non-hydrogen) atoms. The molecule has 1 fully saturated rings. The van der Waals surface area contributed by atoms with Crippen molar-refractivity contribution in [1.82, 2.24) is 0 Å². The van der Waals surface area contributed by atoms with Crippen molar-refractivity contribution in [3.8, 4) is 0 Å². The fourth-order valence-electron chi connectivity index (χ4n) is 3.78. The Morgan fingerprint density at radius 2 is 1.69 bits per heavy atom. The number of anilines is 1. The van der Waals surface area contributed by atoms with Crippen molar-refractivity contribution >= 4 is 67.7 Å². The zero-order chi connectivity index (χ0) is 23.3. The number of piperidine rings is 1. The summed E-state index contributed by atoms with van der Waals surface area (Å²) in [6.45, 7) is 1.62. The molecule has 0 aliphatic carbocycles. The molecule has 8 heteroatoms. The van der Waals surface area contributed by atoms with Crippen LogP contribution in [0.4, 0.5) is 10.1 Å². The minimum absolute atomic E-state index is 0.226. The van der Waals surface area contributed by atoms with Crippen LogP contribution in [-0.2, 0) is 0 Å². The molecule has 4 rings (SSSR count). The second kappa shape index (κ2) is 11.9. The zero-order valence-corrected chi connectivity index (χ0v) is 21.6. The van der Waals surface area contributed by atoms with Gasteiger partial charge in [0.15, 0.2) is 0 Å². The van der Waals surface area contributed by atoms with E-state index in [9.17, 15) is 4.39 Å². The third kappa shape index (κ3) is 6.53. The summed E-state index contributed by atoms with van der Waals surface area (Å²) < 4.78 is 12.5. The van der Waals surface area contributed by atoms with E-state index in [2.05, 4.69) is 38.9 Å². The Labute approximate surface area is 211 Å². The number of hydrogen-bond acceptors (Lipinski definition) is 3. The second-order valence-corrected chi connectivity index (χ2v) is 10.0. The summed E-state index contributed by atoms with van der Waals surface area (Å²) in [6, 6.07) is 18.7. The molecular formula is C24H25Cl3FN2PS. The van der Waals surface area contributed by atoms with Crippen molar-refractivity contribution in [2.24, 2.45) is 11.7 Å². The lowest BCUT2D eigenvalue weighted by Crippen LogP contribution is -2.40. The van der Waals surface area contributed by atoms with Gasteiger partial charge in [0.1, 0.15) is 5.82 Å². The van der Waals surface area contributed by atoms with Gasteiger partial charge in [0.25, 0.3) is 0 Å². The molecule has 2 nitrogen and oxygen atoms in total. The van der Waals surface area contributed by atoms with Crippen molar-refractivity contribution in [3.05, 3.63) is 87.1 Å². The molecule has 3 aromatic rings. The highest BCUT2D eigenvalue weighted by molar-refractivity contribution is 7.80. The van der Waals surface area contributed by atoms with Crippen LogP contribution in [-0.4, -0.2) is 13.1 Å². The fraction of sp³-hybridized carbons (Fsp3) is 0.250. The zero-order valence-electron chi connectivity index (χ0n) is 17.3. The number of rotatable bonds is 3. The lowest BCUT2D eigenvalue weighted by Gasteiger charge is -2.41. The molecule has 0 radical (unpaired) electrons. The maximum atomic E-state index is 12.5. The van der Waals surface area contributed by atoms with Gasteiger partial charge in [0.05, 0.1) is 6.04 Å². The molecule has 1 aliphatic heterocycles. The Balaban J connectivity index is 0.000000269. The number of nitrogens with zero attached hydrogens (tertiary/aromatic N) is 1. The second-order valence-electron chi connectivity index (χ2n) is 7.67. The van der Waals surface area contributed by atoms with Crippen molar-refractivity contribution in [3.63, 3.8) is 0 Å². The van der Waals surface area contributed by atoms with Gasteiger partial charge in [-0.1, -0.05) is 53.0 Å². The third-order valence-electron chi connectivity index (χ3n) is 5.51. The highest BCUT2D eigenvalue weighted by Gasteiger charge is 2.30. The van der Waals surface area contributed by atoms with E-state index in [4.69, 9.17) is 40.5 Å². The van der Waals surface area contributed by atoms with Crippen LogP contribution in [0.15, 0.2) is 65.6 Å². The minimum Gasteiger partial charge on any atom is -0.364 e. The summed E-state index contributed by atoms with van der Waals surface area (Å²) >= 11 is 22.4. The van der Waals surface area contributed by atoms with E-state index in [0.717, 1.165) is 41.0 Å². The van der Waals surface area contributed by atoms with Crippen LogP contribution in [0.5, 0.6) is 0 Å². The molecule has 0 spiro atoms. The number of thiol groups is 1. The van der Waals surface area contributed by atoms with Crippen molar-refractivity contribution < 1.29 is 4.39 Å². The number of halogens is 4. The van der Waals surface area contributed by atoms with Crippen LogP contribution in [0.2, 0.25) is 15.1 Å². The topological polar surface area (TPSA) is 29.3 Å². The van der Waals surface area contributed by atoms with Gasteiger partial charge in [-0.3, -0.25) is 0 Å². The molecule has 3 atom stereocenters. The van der Waals surface area contributed by atoms with Crippen LogP contribution in [0.25, 0.3) is 0 Å². The van der Waals surface area contributed by atoms with Crippen molar-refractivity contribution in [2.45, 2.75) is 23.8 Å². The Morgan fingerprint density at radius 3 is 2.28 bits per heavy atom. The van der Waals surface area contributed by atoms with E-state index in [1.807, 2.05) is 30.3 Å². The lowest BCUT2D eigenvalue weighted by molar-refractivity contribution is 0.366. The molecular weight excluding hydrogens is 505 g/mol. The van der Waals surface area contributed by atoms with E-state index in [0.29, 0.717) is 27.4 Å². The SMILES string of the molecule is Fc1cccc(P)c1S.NCC1CCC(c2ccc(Cl)cc2Cl)N(c2ccc(Cl)cc2)C1. The monoisotopic (exact) mass is 528 g/mol. The maximum Gasteiger partial charge on any atom is 0.137 e. The maximum absolute atomic E-state index is 12.5. The van der Waals surface area contributed by atoms with Crippen molar-refractivity contribution in [2.75, 3.05) is 18.0 Å². The summed E-state index contributed by atoms with van der Waals surface area (Å²) in [5.41, 5.74) is 8.16. The predicted molar refractivity (Wildman–Crippen MR) is 143 cm³/mol. The largest absolute Gasteiger partial charge is 0.364 e. The highest BCUT2D eigenvalue weighted by atomic mass is 35.5. The number of benzene rings is 3. The molecule has 1 aliphatic rings. The molecule has 1 heterocycles. The summed E-state index contributed by atoms with van der Waals surface area (Å²) in [7, 11) is 2.40. The average Bonchev–Trinajstić information content (AvgIpc) is 2.78. The lowest BCUT2D eigenvalue weighted by atomic mass is 9.88. The van der Waals surface area contributed by atoms with E-state index in [1.54, 1.807) is 12.1 Å². The van der Waals surface area contributed by atoms with Crippen LogP contribution < -0.4 is 15.9 Å². The molecule has 3 aromatic carbocycles. The predicted octanol–water partition coefficient (Wildman–Crippen LogP) is 7.18. The van der Waals surface area contributed by atoms with Crippen LogP contribution >= 0.6 is 56.7 Å². The van der Waals surface area contributed by atoms with E-state index in [1.165, 1.54) is 6.07 Å². The van der Waals surface area contributed by atoms with Gasteiger partial charge in [-0.2, -0.15) is 0 Å². The first-order chi connectivity index (χ1) is 15.3. The standard InChI is InChI=1S/C18H19Cl3N2.C6H6FPS/c19-13-2-5-15(6-3-13)23-11-12(10-22)1-8-18(23)16-7-4-14(20)9-17(16)21;7-4-2-1-3-5(8)6(4)9/h2-7,9,12,18H,1,8,10-11,22H2;1-3,9H,8H2. The first-order valence-corrected chi connectivity index (χ1v) is 12.4. The smallest absolute Gasteiger partial charge is 0.137 e. The normalized spacial score (nSPS) is 18.2. The molecule has 3 unspecified atom stereocenters. The molecule has 0 bridgehead atoms. The van der Waals surface area contributed by atoms with Crippen LogP contribution in [0.1, 0.15) is 24.4 Å². The molecule has 0 amide bonds. The number of nitrogens with two attached hydrogens (primary N) is 1. The minimum atomic E-state index is -0.272. The van der Waals surface area contributed by atoms with E-state index >= 15 is 0 Å². The summed E-state index contributed by atoms with van der Waals surface area (Å²) in [4.78, 5) is 2.79. The van der Waals surface area contributed by atoms with Crippen molar-refractivity contribution in [1.29, 1.82) is 0 Å². The van der Waals surface area contributed by atoms with Crippen LogP contribution in [0.3, 0.4) is 0 Å². The first-order valence-electron chi connectivity index (χ1n) is 10.2. The first kappa shape index (κ1) is 25.6. The summed E-state index contributed by atoms with van der Waals surface area (Å²) in [5.74, 6) is 0.221. The van der Waals surface area contributed by atoms with Gasteiger partial charge in [0.2, 0.25) is 0 Å². The Bertz CT molecular complexity index is 1030. The molecule has 1 saturated heterocycles. The summed E-state index contributed by atoms with van der Waals surface area (Å²) in [5, 5.41) is 2.90. The van der Waals surface area contributed by atoms with Crippen LogP contribution in [0, 0.1) is 11.7 Å². The average molecular weight is 530 g/mol. The molecule has 0 saturated carbocycles. The van der Waals surface area contributed by atoms with Gasteiger partial charge in [0, 0.05) is 32.2 Å². The van der Waals surface area contributed by atoms with Gasteiger partial charge in [-0.15, -0.1) is 21.9 Å².